The number of Topliss-reactive ketones (excluding diaryl/α,β-unsaturated/α-hetero) is 1. The molecule has 1 aromatic carbocycles. The number of hydrogen-bond acceptors (Lipinski definition) is 6. The fourth-order valence-electron chi connectivity index (χ4n) is 2.54. The van der Waals surface area contributed by atoms with Gasteiger partial charge < -0.3 is 14.4 Å². The van der Waals surface area contributed by atoms with Crippen LogP contribution in [-0.4, -0.2) is 36.9 Å². The second kappa shape index (κ2) is 7.06. The number of benzene rings is 1. The molecule has 2 aromatic rings. The van der Waals surface area contributed by atoms with E-state index in [-0.39, 0.29) is 24.8 Å². The lowest BCUT2D eigenvalue weighted by Crippen LogP contribution is -2.47. The van der Waals surface area contributed by atoms with Crippen molar-refractivity contribution in [1.82, 2.24) is 0 Å². The SMILES string of the molecule is CC(=O)N1C[C@H](C(=O)OCC(=O)c2ccc(C)s2)Oc2ccccc21. The summed E-state index contributed by atoms with van der Waals surface area (Å²) in [4.78, 5) is 39.2. The molecule has 0 fully saturated rings. The van der Waals surface area contributed by atoms with Crippen LogP contribution in [0, 0.1) is 6.92 Å². The average molecular weight is 359 g/mol. The third-order valence-corrected chi connectivity index (χ3v) is 4.82. The van der Waals surface area contributed by atoms with Gasteiger partial charge in [0, 0.05) is 11.8 Å². The van der Waals surface area contributed by atoms with Gasteiger partial charge in [0.05, 0.1) is 17.1 Å². The summed E-state index contributed by atoms with van der Waals surface area (Å²) in [5.74, 6) is -0.682. The number of carbonyl (C=O) groups excluding carboxylic acids is 3. The number of ether oxygens (including phenoxy) is 2. The Morgan fingerprint density at radius 1 is 1.24 bits per heavy atom. The molecule has 1 aliphatic rings. The zero-order valence-corrected chi connectivity index (χ0v) is 14.7. The Morgan fingerprint density at radius 2 is 2.00 bits per heavy atom. The molecule has 1 amide bonds. The number of hydrogen-bond donors (Lipinski definition) is 0. The predicted molar refractivity (Wildman–Crippen MR) is 93.2 cm³/mol. The van der Waals surface area contributed by atoms with Gasteiger partial charge in [-0.3, -0.25) is 9.59 Å². The maximum atomic E-state index is 12.3. The van der Waals surface area contributed by atoms with Crippen LogP contribution in [0.1, 0.15) is 21.5 Å². The van der Waals surface area contributed by atoms with Crippen LogP contribution in [0.15, 0.2) is 36.4 Å². The molecule has 1 aliphatic heterocycles. The van der Waals surface area contributed by atoms with Gasteiger partial charge in [-0.25, -0.2) is 4.79 Å². The number of rotatable bonds is 4. The van der Waals surface area contributed by atoms with Gasteiger partial charge in [-0.15, -0.1) is 11.3 Å². The molecule has 0 unspecified atom stereocenters. The van der Waals surface area contributed by atoms with Crippen molar-refractivity contribution < 1.29 is 23.9 Å². The Kier molecular flexibility index (Phi) is 4.85. The van der Waals surface area contributed by atoms with E-state index in [4.69, 9.17) is 9.47 Å². The molecule has 2 heterocycles. The second-order valence-corrected chi connectivity index (χ2v) is 6.93. The van der Waals surface area contributed by atoms with Gasteiger partial charge in [0.25, 0.3) is 0 Å². The van der Waals surface area contributed by atoms with E-state index in [9.17, 15) is 14.4 Å². The van der Waals surface area contributed by atoms with E-state index in [2.05, 4.69) is 0 Å². The smallest absolute Gasteiger partial charge is 0.349 e. The van der Waals surface area contributed by atoms with Crippen molar-refractivity contribution in [3.8, 4) is 5.75 Å². The third-order valence-electron chi connectivity index (χ3n) is 3.78. The van der Waals surface area contributed by atoms with Crippen molar-refractivity contribution in [1.29, 1.82) is 0 Å². The maximum absolute atomic E-state index is 12.3. The molecule has 0 radical (unpaired) electrons. The molecular weight excluding hydrogens is 342 g/mol. The van der Waals surface area contributed by atoms with Gasteiger partial charge in [-0.05, 0) is 31.2 Å². The van der Waals surface area contributed by atoms with Crippen LogP contribution >= 0.6 is 11.3 Å². The van der Waals surface area contributed by atoms with E-state index >= 15 is 0 Å². The van der Waals surface area contributed by atoms with E-state index in [1.807, 2.05) is 13.0 Å². The summed E-state index contributed by atoms with van der Waals surface area (Å²) in [5, 5.41) is 0. The van der Waals surface area contributed by atoms with Crippen LogP contribution in [0.2, 0.25) is 0 Å². The molecule has 25 heavy (non-hydrogen) atoms. The zero-order valence-electron chi connectivity index (χ0n) is 13.9. The minimum atomic E-state index is -0.961. The topological polar surface area (TPSA) is 72.9 Å². The Hall–Kier alpha value is -2.67. The van der Waals surface area contributed by atoms with Gasteiger partial charge in [-0.2, -0.15) is 0 Å². The van der Waals surface area contributed by atoms with Gasteiger partial charge in [0.15, 0.2) is 6.61 Å². The number of nitrogens with zero attached hydrogens (tertiary/aromatic N) is 1. The van der Waals surface area contributed by atoms with Crippen LogP contribution in [-0.2, 0) is 14.3 Å². The average Bonchev–Trinajstić information content (AvgIpc) is 3.04. The first-order chi connectivity index (χ1) is 12.0. The molecule has 0 spiro atoms. The van der Waals surface area contributed by atoms with Gasteiger partial charge >= 0.3 is 5.97 Å². The number of thiophene rings is 1. The summed E-state index contributed by atoms with van der Waals surface area (Å²) >= 11 is 1.35. The Bertz CT molecular complexity index is 828. The Morgan fingerprint density at radius 3 is 2.68 bits per heavy atom. The molecule has 130 valence electrons. The highest BCUT2D eigenvalue weighted by Crippen LogP contribution is 2.33. The molecular formula is C18H17NO5S. The molecule has 1 aromatic heterocycles. The van der Waals surface area contributed by atoms with Gasteiger partial charge in [0.1, 0.15) is 5.75 Å². The van der Waals surface area contributed by atoms with Gasteiger partial charge in [0.2, 0.25) is 17.8 Å². The lowest BCUT2D eigenvalue weighted by Gasteiger charge is -2.33. The quantitative estimate of drug-likeness (QED) is 0.620. The minimum absolute atomic E-state index is 0.0531. The van der Waals surface area contributed by atoms with E-state index < -0.39 is 12.1 Å². The molecule has 0 N–H and O–H groups in total. The van der Waals surface area contributed by atoms with Gasteiger partial charge in [-0.1, -0.05) is 12.1 Å². The van der Waals surface area contributed by atoms with Crippen LogP contribution in [0.4, 0.5) is 5.69 Å². The van der Waals surface area contributed by atoms with Crippen molar-refractivity contribution in [2.24, 2.45) is 0 Å². The monoisotopic (exact) mass is 359 g/mol. The number of anilines is 1. The predicted octanol–water partition coefficient (Wildman–Crippen LogP) is 2.60. The van der Waals surface area contributed by atoms with E-state index in [0.717, 1.165) is 4.88 Å². The summed E-state index contributed by atoms with van der Waals surface area (Å²) < 4.78 is 10.7. The van der Waals surface area contributed by atoms with E-state index in [1.165, 1.54) is 23.2 Å². The summed E-state index contributed by atoms with van der Waals surface area (Å²) in [7, 11) is 0. The first-order valence-corrected chi connectivity index (χ1v) is 8.57. The van der Waals surface area contributed by atoms with Crippen LogP contribution in [0.25, 0.3) is 0 Å². The Balaban J connectivity index is 1.67. The number of para-hydroxylation sites is 2. The molecule has 0 saturated heterocycles. The molecule has 3 rings (SSSR count). The van der Waals surface area contributed by atoms with Crippen molar-refractivity contribution in [3.05, 3.63) is 46.2 Å². The normalized spacial score (nSPS) is 15.9. The molecule has 6 nitrogen and oxygen atoms in total. The standard InChI is InChI=1S/C18H17NO5S/c1-11-7-8-17(25-11)14(21)10-23-18(22)16-9-19(12(2)20)13-5-3-4-6-15(13)24-16/h3-8,16H,9-10H2,1-2H3/t16-/m1/s1. The maximum Gasteiger partial charge on any atom is 0.349 e. The fourth-order valence-corrected chi connectivity index (χ4v) is 3.33. The molecule has 7 heteroatoms. The fraction of sp³-hybridized carbons (Fsp3) is 0.278. The highest BCUT2D eigenvalue weighted by molar-refractivity contribution is 7.14. The molecule has 0 bridgehead atoms. The first kappa shape index (κ1) is 17.2. The minimum Gasteiger partial charge on any atom is -0.475 e. The lowest BCUT2D eigenvalue weighted by molar-refractivity contribution is -0.150. The zero-order chi connectivity index (χ0) is 18.0. The van der Waals surface area contributed by atoms with Crippen molar-refractivity contribution in [2.75, 3.05) is 18.1 Å². The molecule has 0 aliphatic carbocycles. The number of carbonyl (C=O) groups is 3. The second-order valence-electron chi connectivity index (χ2n) is 5.65. The van der Waals surface area contributed by atoms with E-state index in [0.29, 0.717) is 16.3 Å². The Labute approximate surface area is 149 Å². The van der Waals surface area contributed by atoms with E-state index in [1.54, 1.807) is 30.3 Å². The number of fused-ring (bicyclic) bond motifs is 1. The van der Waals surface area contributed by atoms with Crippen molar-refractivity contribution >= 4 is 34.7 Å². The highest BCUT2D eigenvalue weighted by Gasteiger charge is 2.33. The third kappa shape index (κ3) is 3.71. The summed E-state index contributed by atoms with van der Waals surface area (Å²) in [6.07, 6.45) is -0.961. The highest BCUT2D eigenvalue weighted by atomic mass is 32.1. The lowest BCUT2D eigenvalue weighted by atomic mass is 10.2. The summed E-state index contributed by atoms with van der Waals surface area (Å²) in [6, 6.07) is 10.5. The number of esters is 1. The first-order valence-electron chi connectivity index (χ1n) is 7.76. The largest absolute Gasteiger partial charge is 0.475 e. The van der Waals surface area contributed by atoms with Crippen molar-refractivity contribution in [2.45, 2.75) is 20.0 Å². The van der Waals surface area contributed by atoms with Crippen molar-refractivity contribution in [3.63, 3.8) is 0 Å². The molecule has 1 atom stereocenters. The summed E-state index contributed by atoms with van der Waals surface area (Å²) in [5.41, 5.74) is 0.615. The van der Waals surface area contributed by atoms with Crippen LogP contribution < -0.4 is 9.64 Å². The number of ketones is 1. The number of amides is 1. The molecule has 0 saturated carbocycles. The van der Waals surface area contributed by atoms with Crippen LogP contribution in [0.5, 0.6) is 5.75 Å². The number of aryl methyl sites for hydroxylation is 1. The van der Waals surface area contributed by atoms with Crippen LogP contribution in [0.3, 0.4) is 0 Å². The summed E-state index contributed by atoms with van der Waals surface area (Å²) in [6.45, 7) is 3.03.